The van der Waals surface area contributed by atoms with Crippen LogP contribution in [0.3, 0.4) is 0 Å². The number of nitrogens with two attached hydrogens (primary N) is 1. The molecule has 0 bridgehead atoms. The summed E-state index contributed by atoms with van der Waals surface area (Å²) in [6.45, 7) is 1.82. The fraction of sp³-hybridized carbons (Fsp3) is 0.250. The van der Waals surface area contributed by atoms with Crippen LogP contribution in [0.25, 0.3) is 27.5 Å². The molecule has 0 unspecified atom stereocenters. The molecule has 2 N–H and O–H groups in total. The number of benzene rings is 2. The summed E-state index contributed by atoms with van der Waals surface area (Å²) in [5.74, 6) is 0.633. The molecule has 3 heterocycles. The van der Waals surface area contributed by atoms with Gasteiger partial charge in [0.15, 0.2) is 0 Å². The van der Waals surface area contributed by atoms with Crippen molar-refractivity contribution in [3.8, 4) is 11.4 Å². The number of pyridine rings is 2. The Hall–Kier alpha value is -3.09. The van der Waals surface area contributed by atoms with Gasteiger partial charge in [0.25, 0.3) is 5.56 Å². The lowest BCUT2D eigenvalue weighted by atomic mass is 10.1. The number of hydrogen-bond acceptors (Lipinski definition) is 5. The van der Waals surface area contributed by atoms with Crippen LogP contribution in [0.5, 0.6) is 5.75 Å². The van der Waals surface area contributed by atoms with Crippen LogP contribution in [-0.4, -0.2) is 35.8 Å². The average molecular weight is 435 g/mol. The maximum atomic E-state index is 13.1. The van der Waals surface area contributed by atoms with Crippen molar-refractivity contribution in [3.63, 3.8) is 0 Å². The Bertz CT molecular complexity index is 1340. The molecule has 5 rings (SSSR count). The molecule has 31 heavy (non-hydrogen) atoms. The third-order valence-corrected chi connectivity index (χ3v) is 6.22. The monoisotopic (exact) mass is 434 g/mol. The van der Waals surface area contributed by atoms with Crippen LogP contribution in [0.2, 0.25) is 5.02 Å². The predicted octanol–water partition coefficient (Wildman–Crippen LogP) is 4.13. The number of methoxy groups -OCH3 is 1. The molecule has 158 valence electrons. The van der Waals surface area contributed by atoms with E-state index in [0.717, 1.165) is 53.4 Å². The maximum absolute atomic E-state index is 13.1. The van der Waals surface area contributed by atoms with E-state index in [0.29, 0.717) is 16.5 Å². The number of anilines is 1. The van der Waals surface area contributed by atoms with Gasteiger partial charge in [-0.1, -0.05) is 11.6 Å². The number of piperidine rings is 1. The molecule has 1 aliphatic heterocycles. The maximum Gasteiger partial charge on any atom is 0.255 e. The van der Waals surface area contributed by atoms with Crippen molar-refractivity contribution in [2.24, 2.45) is 5.73 Å². The number of aromatic nitrogens is 2. The summed E-state index contributed by atoms with van der Waals surface area (Å²) >= 11 is 6.28. The summed E-state index contributed by atoms with van der Waals surface area (Å²) in [4.78, 5) is 19.9. The average Bonchev–Trinajstić information content (AvgIpc) is 2.79. The van der Waals surface area contributed by atoms with Crippen molar-refractivity contribution in [1.29, 1.82) is 0 Å². The van der Waals surface area contributed by atoms with Crippen LogP contribution < -0.4 is 20.9 Å². The Morgan fingerprint density at radius 1 is 1.10 bits per heavy atom. The van der Waals surface area contributed by atoms with E-state index in [2.05, 4.69) is 9.88 Å². The van der Waals surface area contributed by atoms with Gasteiger partial charge < -0.3 is 15.4 Å². The van der Waals surface area contributed by atoms with Crippen molar-refractivity contribution in [1.82, 2.24) is 9.55 Å². The molecule has 7 heteroatoms. The summed E-state index contributed by atoms with van der Waals surface area (Å²) in [6, 6.07) is 15.1. The summed E-state index contributed by atoms with van der Waals surface area (Å²) < 4.78 is 7.42. The Morgan fingerprint density at radius 2 is 1.90 bits per heavy atom. The summed E-state index contributed by atoms with van der Waals surface area (Å²) in [7, 11) is 1.63. The van der Waals surface area contributed by atoms with Gasteiger partial charge in [-0.3, -0.25) is 14.3 Å². The fourth-order valence-corrected chi connectivity index (χ4v) is 4.50. The van der Waals surface area contributed by atoms with Crippen molar-refractivity contribution in [2.75, 3.05) is 25.1 Å². The van der Waals surface area contributed by atoms with Crippen molar-refractivity contribution in [2.45, 2.75) is 18.9 Å². The standard InChI is InChI=1S/C24H23ClN4O2/c1-31-22-13-18(28-10-8-17(26)9-11-28)4-6-21(22)29-23(30)7-2-15-14-27-20-5-3-16(25)12-19(20)24(15)29/h2-7,12-14,17H,8-11,26H2,1H3. The molecule has 1 aliphatic rings. The Balaban J connectivity index is 1.73. The third kappa shape index (κ3) is 3.52. The minimum absolute atomic E-state index is 0.144. The minimum Gasteiger partial charge on any atom is -0.494 e. The highest BCUT2D eigenvalue weighted by atomic mass is 35.5. The lowest BCUT2D eigenvalue weighted by Crippen LogP contribution is -2.39. The lowest BCUT2D eigenvalue weighted by molar-refractivity contribution is 0.412. The number of nitrogens with zero attached hydrogens (tertiary/aromatic N) is 3. The molecule has 0 saturated carbocycles. The molecular formula is C24H23ClN4O2. The fourth-order valence-electron chi connectivity index (χ4n) is 4.33. The highest BCUT2D eigenvalue weighted by Crippen LogP contribution is 2.33. The number of hydrogen-bond donors (Lipinski definition) is 1. The normalized spacial score (nSPS) is 15.0. The zero-order chi connectivity index (χ0) is 21.5. The van der Waals surface area contributed by atoms with Crippen molar-refractivity contribution >= 4 is 39.1 Å². The van der Waals surface area contributed by atoms with Gasteiger partial charge in [-0.15, -0.1) is 0 Å². The molecule has 4 aromatic rings. The molecule has 2 aromatic heterocycles. The number of halogens is 1. The first-order valence-corrected chi connectivity index (χ1v) is 10.7. The number of rotatable bonds is 3. The van der Waals surface area contributed by atoms with E-state index in [9.17, 15) is 4.79 Å². The molecule has 0 aliphatic carbocycles. The van der Waals surface area contributed by atoms with E-state index in [1.807, 2.05) is 30.3 Å². The summed E-state index contributed by atoms with van der Waals surface area (Å²) in [5.41, 5.74) is 9.19. The van der Waals surface area contributed by atoms with Crippen LogP contribution in [0.15, 0.2) is 59.5 Å². The molecule has 0 atom stereocenters. The highest BCUT2D eigenvalue weighted by Gasteiger charge is 2.19. The van der Waals surface area contributed by atoms with Gasteiger partial charge in [0.1, 0.15) is 5.75 Å². The molecular weight excluding hydrogens is 412 g/mol. The molecule has 0 amide bonds. The first-order valence-electron chi connectivity index (χ1n) is 10.3. The second-order valence-electron chi connectivity index (χ2n) is 7.91. The second kappa shape index (κ2) is 7.87. The topological polar surface area (TPSA) is 73.4 Å². The third-order valence-electron chi connectivity index (χ3n) is 5.99. The zero-order valence-electron chi connectivity index (χ0n) is 17.2. The number of fused-ring (bicyclic) bond motifs is 3. The molecule has 1 saturated heterocycles. The van der Waals surface area contributed by atoms with Gasteiger partial charge in [0.2, 0.25) is 0 Å². The Morgan fingerprint density at radius 3 is 2.68 bits per heavy atom. The van der Waals surface area contributed by atoms with Crippen LogP contribution >= 0.6 is 11.6 Å². The second-order valence-corrected chi connectivity index (χ2v) is 8.35. The largest absolute Gasteiger partial charge is 0.494 e. The van der Waals surface area contributed by atoms with Crippen LogP contribution in [-0.2, 0) is 0 Å². The van der Waals surface area contributed by atoms with Crippen LogP contribution in [0.1, 0.15) is 12.8 Å². The van der Waals surface area contributed by atoms with Gasteiger partial charge in [-0.05, 0) is 49.2 Å². The zero-order valence-corrected chi connectivity index (χ0v) is 18.0. The first-order chi connectivity index (χ1) is 15.0. The SMILES string of the molecule is COc1cc(N2CCC(N)CC2)ccc1-n1c(=O)ccc2cnc3ccc(Cl)cc3c21. The molecule has 0 radical (unpaired) electrons. The van der Waals surface area contributed by atoms with E-state index in [4.69, 9.17) is 22.1 Å². The quantitative estimate of drug-likeness (QED) is 0.491. The number of ether oxygens (including phenoxy) is 1. The lowest BCUT2D eigenvalue weighted by Gasteiger charge is -2.32. The van der Waals surface area contributed by atoms with Crippen molar-refractivity contribution < 1.29 is 4.74 Å². The predicted molar refractivity (Wildman–Crippen MR) is 126 cm³/mol. The Labute approximate surface area is 184 Å². The van der Waals surface area contributed by atoms with E-state index >= 15 is 0 Å². The Kier molecular flexibility index (Phi) is 5.04. The smallest absolute Gasteiger partial charge is 0.255 e. The molecule has 0 spiro atoms. The first kappa shape index (κ1) is 19.8. The molecule has 2 aromatic carbocycles. The van der Waals surface area contributed by atoms with E-state index in [-0.39, 0.29) is 11.6 Å². The molecule has 6 nitrogen and oxygen atoms in total. The van der Waals surface area contributed by atoms with Gasteiger partial charge in [0.05, 0.1) is 23.8 Å². The minimum atomic E-state index is -0.144. The summed E-state index contributed by atoms with van der Waals surface area (Å²) in [5, 5.41) is 2.26. The van der Waals surface area contributed by atoms with E-state index < -0.39 is 0 Å². The van der Waals surface area contributed by atoms with Gasteiger partial charge in [-0.25, -0.2) is 0 Å². The van der Waals surface area contributed by atoms with E-state index in [1.165, 1.54) is 0 Å². The van der Waals surface area contributed by atoms with Gasteiger partial charge in [0, 0.05) is 58.9 Å². The molecule has 1 fully saturated rings. The summed E-state index contributed by atoms with van der Waals surface area (Å²) in [6.07, 6.45) is 3.71. The highest BCUT2D eigenvalue weighted by molar-refractivity contribution is 6.31. The van der Waals surface area contributed by atoms with Crippen molar-refractivity contribution in [3.05, 3.63) is 70.1 Å². The van der Waals surface area contributed by atoms with Gasteiger partial charge >= 0.3 is 0 Å². The van der Waals surface area contributed by atoms with E-state index in [1.54, 1.807) is 36.1 Å². The van der Waals surface area contributed by atoms with Crippen LogP contribution in [0, 0.1) is 0 Å². The van der Waals surface area contributed by atoms with Gasteiger partial charge in [-0.2, -0.15) is 0 Å². The van der Waals surface area contributed by atoms with Crippen LogP contribution in [0.4, 0.5) is 5.69 Å².